The van der Waals surface area contributed by atoms with E-state index in [1.165, 1.54) is 6.07 Å². The summed E-state index contributed by atoms with van der Waals surface area (Å²) in [6.45, 7) is 10.2. The van der Waals surface area contributed by atoms with Gasteiger partial charge in [-0.1, -0.05) is 37.4 Å². The van der Waals surface area contributed by atoms with Crippen LogP contribution in [0, 0.1) is 18.8 Å². The fourth-order valence-corrected chi connectivity index (χ4v) is 5.89. The minimum Gasteiger partial charge on any atom is -0.492 e. The van der Waals surface area contributed by atoms with E-state index in [0.29, 0.717) is 57.6 Å². The third-order valence-corrected chi connectivity index (χ3v) is 8.33. The Morgan fingerprint density at radius 3 is 2.58 bits per heavy atom. The highest BCUT2D eigenvalue weighted by molar-refractivity contribution is 6.32. The highest BCUT2D eigenvalue weighted by Crippen LogP contribution is 2.40. The lowest BCUT2D eigenvalue weighted by Gasteiger charge is -2.27. The van der Waals surface area contributed by atoms with E-state index in [-0.39, 0.29) is 18.9 Å². The smallest absolute Gasteiger partial charge is 0.437 e. The van der Waals surface area contributed by atoms with Gasteiger partial charge < -0.3 is 23.3 Å². The summed E-state index contributed by atoms with van der Waals surface area (Å²) in [6, 6.07) is 12.3. The number of amides is 1. The Kier molecular flexibility index (Phi) is 10.7. The molecule has 9 nitrogen and oxygen atoms in total. The number of aromatic nitrogens is 3. The molecule has 0 radical (unpaired) electrons. The van der Waals surface area contributed by atoms with Crippen LogP contribution in [0.5, 0.6) is 11.5 Å². The number of aryl methyl sites for hydroxylation is 2. The SMILES string of the molecule is CCCCCOc1cc(CC2COc3c(cc(Cn4ccn(C)/c4=N/C(=O)OC(C)(C)C)cc3-c3ccc(F)nc3C)C2=O)ccc1Cl. The maximum absolute atomic E-state index is 14.2. The average molecular weight is 677 g/mol. The standard InChI is InChI=1S/C37H42ClFN4O5/c1-7-8-9-16-46-31-20-24(10-12-30(31)38)17-26-22-47-34-28(27-11-13-32(39)40-23(27)2)18-25(19-29(34)33(26)44)21-43-15-14-42(6)35(43)41-36(45)48-37(3,4)5/h10-15,18-20,26H,7-9,16-17,21-22H2,1-6H3/b41-35-. The van der Waals surface area contributed by atoms with Crippen molar-refractivity contribution in [3.8, 4) is 22.6 Å². The van der Waals surface area contributed by atoms with Gasteiger partial charge in [-0.15, -0.1) is 4.99 Å². The molecule has 11 heteroatoms. The third kappa shape index (κ3) is 8.34. The normalized spacial score (nSPS) is 14.9. The van der Waals surface area contributed by atoms with Crippen molar-refractivity contribution in [2.45, 2.75) is 72.4 Å². The van der Waals surface area contributed by atoms with Gasteiger partial charge in [0.15, 0.2) is 5.78 Å². The van der Waals surface area contributed by atoms with Crippen molar-refractivity contribution >= 4 is 23.5 Å². The second-order valence-corrected chi connectivity index (χ2v) is 13.5. The fraction of sp³-hybridized carbons (Fsp3) is 0.405. The Bertz CT molecular complexity index is 1890. The summed E-state index contributed by atoms with van der Waals surface area (Å²) >= 11 is 6.42. The number of unbranched alkanes of at least 4 members (excludes halogenated alkanes) is 2. The topological polar surface area (TPSA) is 96.9 Å². The zero-order chi connectivity index (χ0) is 34.6. The molecule has 0 saturated carbocycles. The second-order valence-electron chi connectivity index (χ2n) is 13.1. The van der Waals surface area contributed by atoms with Crippen LogP contribution in [0.3, 0.4) is 0 Å². The molecule has 0 fully saturated rings. The largest absolute Gasteiger partial charge is 0.492 e. The number of imidazole rings is 1. The molecule has 0 spiro atoms. The number of carbonyl (C=O) groups is 2. The Morgan fingerprint density at radius 2 is 1.85 bits per heavy atom. The summed E-state index contributed by atoms with van der Waals surface area (Å²) in [5.74, 6) is -0.0767. The molecule has 1 atom stereocenters. The zero-order valence-corrected chi connectivity index (χ0v) is 29.1. The van der Waals surface area contributed by atoms with E-state index in [4.69, 9.17) is 25.8 Å². The first-order chi connectivity index (χ1) is 22.8. The van der Waals surface area contributed by atoms with Gasteiger partial charge in [0.05, 0.1) is 36.3 Å². The van der Waals surface area contributed by atoms with Crippen LogP contribution in [0.1, 0.15) is 74.1 Å². The number of hydrogen-bond acceptors (Lipinski definition) is 6. The summed E-state index contributed by atoms with van der Waals surface area (Å²) in [6.07, 6.45) is 6.42. The molecule has 0 N–H and O–H groups in total. The number of fused-ring (bicyclic) bond motifs is 1. The monoisotopic (exact) mass is 676 g/mol. The molecule has 5 rings (SSSR count). The van der Waals surface area contributed by atoms with Crippen molar-refractivity contribution in [2.75, 3.05) is 13.2 Å². The van der Waals surface area contributed by atoms with Crippen LogP contribution in [0.4, 0.5) is 9.18 Å². The van der Waals surface area contributed by atoms with Crippen LogP contribution in [0.2, 0.25) is 5.02 Å². The lowest BCUT2D eigenvalue weighted by atomic mass is 9.86. The van der Waals surface area contributed by atoms with Gasteiger partial charge in [0, 0.05) is 36.3 Å². The predicted octanol–water partition coefficient (Wildman–Crippen LogP) is 7.88. The van der Waals surface area contributed by atoms with Crippen LogP contribution in [0.25, 0.3) is 11.1 Å². The molecule has 48 heavy (non-hydrogen) atoms. The van der Waals surface area contributed by atoms with Gasteiger partial charge in [-0.25, -0.2) is 9.78 Å². The highest BCUT2D eigenvalue weighted by atomic mass is 35.5. The number of benzene rings is 2. The molecular formula is C37H42ClFN4O5. The molecule has 3 heterocycles. The summed E-state index contributed by atoms with van der Waals surface area (Å²) in [5, 5.41) is 0.528. The van der Waals surface area contributed by atoms with Gasteiger partial charge in [0.2, 0.25) is 11.6 Å². The number of halogens is 2. The van der Waals surface area contributed by atoms with Crippen molar-refractivity contribution in [3.05, 3.63) is 93.8 Å². The number of pyridine rings is 1. The van der Waals surface area contributed by atoms with Crippen molar-refractivity contribution < 1.29 is 28.2 Å². The summed E-state index contributed by atoms with van der Waals surface area (Å²) < 4.78 is 35.2. The molecule has 1 aliphatic rings. The van der Waals surface area contributed by atoms with Crippen LogP contribution in [-0.2, 0) is 24.8 Å². The molecular weight excluding hydrogens is 635 g/mol. The third-order valence-electron chi connectivity index (χ3n) is 8.02. The zero-order valence-electron chi connectivity index (χ0n) is 28.3. The van der Waals surface area contributed by atoms with E-state index in [9.17, 15) is 14.0 Å². The van der Waals surface area contributed by atoms with Crippen molar-refractivity contribution in [3.63, 3.8) is 0 Å². The molecule has 0 bridgehead atoms. The molecule has 0 aliphatic carbocycles. The summed E-state index contributed by atoms with van der Waals surface area (Å²) in [5.41, 5.74) is 3.53. The van der Waals surface area contributed by atoms with Gasteiger partial charge in [0.25, 0.3) is 0 Å². The van der Waals surface area contributed by atoms with Gasteiger partial charge in [-0.3, -0.25) is 4.79 Å². The van der Waals surface area contributed by atoms with E-state index in [2.05, 4.69) is 16.9 Å². The molecule has 4 aromatic rings. The number of ether oxygens (including phenoxy) is 3. The van der Waals surface area contributed by atoms with Crippen molar-refractivity contribution in [1.82, 2.24) is 14.1 Å². The second kappa shape index (κ2) is 14.8. The Balaban J connectivity index is 1.50. The Labute approximate surface area is 285 Å². The highest BCUT2D eigenvalue weighted by Gasteiger charge is 2.32. The molecule has 254 valence electrons. The van der Waals surface area contributed by atoms with Gasteiger partial charge in [-0.05, 0) is 88.1 Å². The van der Waals surface area contributed by atoms with E-state index < -0.39 is 23.6 Å². The van der Waals surface area contributed by atoms with E-state index in [1.54, 1.807) is 68.4 Å². The number of Topliss-reactive ketones (excluding diaryl/α,β-unsaturated/α-hetero) is 1. The molecule has 0 saturated heterocycles. The van der Waals surface area contributed by atoms with Crippen LogP contribution in [0.15, 0.2) is 59.9 Å². The van der Waals surface area contributed by atoms with Crippen molar-refractivity contribution in [2.24, 2.45) is 18.0 Å². The lowest BCUT2D eigenvalue weighted by Crippen LogP contribution is -2.31. The number of hydrogen-bond donors (Lipinski definition) is 0. The summed E-state index contributed by atoms with van der Waals surface area (Å²) in [4.78, 5) is 35.0. The van der Waals surface area contributed by atoms with Crippen LogP contribution in [-0.4, -0.2) is 44.8 Å². The minimum atomic E-state index is -0.708. The average Bonchev–Trinajstić information content (AvgIpc) is 3.35. The Morgan fingerprint density at radius 1 is 1.08 bits per heavy atom. The van der Waals surface area contributed by atoms with E-state index in [0.717, 1.165) is 30.4 Å². The van der Waals surface area contributed by atoms with Gasteiger partial charge >= 0.3 is 6.09 Å². The van der Waals surface area contributed by atoms with Crippen LogP contribution < -0.4 is 15.1 Å². The maximum Gasteiger partial charge on any atom is 0.437 e. The molecule has 1 aliphatic heterocycles. The van der Waals surface area contributed by atoms with Gasteiger partial charge in [0.1, 0.15) is 17.1 Å². The van der Waals surface area contributed by atoms with Crippen molar-refractivity contribution in [1.29, 1.82) is 0 Å². The summed E-state index contributed by atoms with van der Waals surface area (Å²) in [7, 11) is 1.78. The number of rotatable bonds is 10. The van der Waals surface area contributed by atoms with E-state index in [1.807, 2.05) is 24.3 Å². The quantitative estimate of drug-likeness (QED) is 0.125. The lowest BCUT2D eigenvalue weighted by molar-refractivity contribution is 0.0593. The predicted molar refractivity (Wildman–Crippen MR) is 182 cm³/mol. The first kappa shape index (κ1) is 34.9. The minimum absolute atomic E-state index is 0.0656. The molecule has 2 aromatic heterocycles. The number of carbonyl (C=O) groups excluding carboxylic acids is 2. The molecule has 1 amide bonds. The fourth-order valence-electron chi connectivity index (χ4n) is 5.71. The van der Waals surface area contributed by atoms with Gasteiger partial charge in [-0.2, -0.15) is 4.39 Å². The Hall–Kier alpha value is -4.44. The number of ketones is 1. The first-order valence-corrected chi connectivity index (χ1v) is 16.6. The molecule has 1 unspecified atom stereocenters. The maximum atomic E-state index is 14.2. The number of nitrogens with zero attached hydrogens (tertiary/aromatic N) is 4. The van der Waals surface area contributed by atoms with E-state index >= 15 is 0 Å². The molecule has 2 aromatic carbocycles. The van der Waals surface area contributed by atoms with Crippen LogP contribution >= 0.6 is 11.6 Å². The first-order valence-electron chi connectivity index (χ1n) is 16.2.